The second-order valence-corrected chi connectivity index (χ2v) is 4.71. The Kier molecular flexibility index (Phi) is 3.44. The van der Waals surface area contributed by atoms with Gasteiger partial charge in [0.1, 0.15) is 17.5 Å². The fourth-order valence-corrected chi connectivity index (χ4v) is 2.56. The predicted molar refractivity (Wildman–Crippen MR) is 62.3 cm³/mol. The Hall–Kier alpha value is -1.09. The van der Waals surface area contributed by atoms with Gasteiger partial charge in [0, 0.05) is 6.20 Å². The van der Waals surface area contributed by atoms with Gasteiger partial charge >= 0.3 is 0 Å². The van der Waals surface area contributed by atoms with Gasteiger partial charge in [0.2, 0.25) is 0 Å². The van der Waals surface area contributed by atoms with Crippen LogP contribution in [0.25, 0.3) is 0 Å². The highest BCUT2D eigenvalue weighted by Gasteiger charge is 2.30. The van der Waals surface area contributed by atoms with Crippen LogP contribution in [-0.4, -0.2) is 17.2 Å². The maximum absolute atomic E-state index is 10.3. The maximum atomic E-state index is 10.3. The van der Waals surface area contributed by atoms with Crippen LogP contribution in [0.3, 0.4) is 0 Å². The van der Waals surface area contributed by atoms with Crippen molar-refractivity contribution in [1.29, 1.82) is 0 Å². The molecule has 1 aliphatic rings. The van der Waals surface area contributed by atoms with Crippen LogP contribution in [0.5, 0.6) is 5.75 Å². The fourth-order valence-electron chi connectivity index (χ4n) is 2.56. The zero-order valence-corrected chi connectivity index (χ0v) is 9.89. The van der Waals surface area contributed by atoms with Gasteiger partial charge in [0.15, 0.2) is 0 Å². The number of pyridine rings is 1. The van der Waals surface area contributed by atoms with Crippen LogP contribution in [0.2, 0.25) is 0 Å². The molecule has 3 unspecified atom stereocenters. The van der Waals surface area contributed by atoms with Crippen LogP contribution < -0.4 is 4.74 Å². The number of methoxy groups -OCH3 is 1. The van der Waals surface area contributed by atoms with E-state index in [9.17, 15) is 5.11 Å². The molecule has 1 aromatic heterocycles. The normalized spacial score (nSPS) is 26.7. The van der Waals surface area contributed by atoms with Crippen LogP contribution in [0.1, 0.15) is 38.0 Å². The summed E-state index contributed by atoms with van der Waals surface area (Å²) in [6.45, 7) is 2.24. The van der Waals surface area contributed by atoms with Crippen LogP contribution in [0.4, 0.5) is 0 Å². The van der Waals surface area contributed by atoms with E-state index in [0.29, 0.717) is 23.3 Å². The predicted octanol–water partition coefficient (Wildman–Crippen LogP) is 2.56. The topological polar surface area (TPSA) is 42.4 Å². The summed E-state index contributed by atoms with van der Waals surface area (Å²) in [6, 6.07) is 3.68. The molecule has 3 nitrogen and oxygen atoms in total. The maximum Gasteiger partial charge on any atom is 0.143 e. The molecular formula is C13H19NO2. The van der Waals surface area contributed by atoms with Crippen LogP contribution in [0, 0.1) is 11.8 Å². The van der Waals surface area contributed by atoms with Crippen molar-refractivity contribution >= 4 is 0 Å². The number of aliphatic hydroxyl groups excluding tert-OH is 1. The van der Waals surface area contributed by atoms with E-state index in [1.807, 2.05) is 12.1 Å². The van der Waals surface area contributed by atoms with Gasteiger partial charge in [-0.05, 0) is 36.8 Å². The molecule has 0 amide bonds. The van der Waals surface area contributed by atoms with Gasteiger partial charge in [-0.1, -0.05) is 13.3 Å². The number of ether oxygens (including phenoxy) is 1. The van der Waals surface area contributed by atoms with E-state index in [1.54, 1.807) is 13.3 Å². The number of aliphatic hydroxyl groups is 1. The Labute approximate surface area is 96.5 Å². The summed E-state index contributed by atoms with van der Waals surface area (Å²) >= 11 is 0. The number of aromatic nitrogens is 1. The average Bonchev–Trinajstić information content (AvgIpc) is 2.75. The minimum absolute atomic E-state index is 0.332. The van der Waals surface area contributed by atoms with Gasteiger partial charge in [-0.15, -0.1) is 0 Å². The summed E-state index contributed by atoms with van der Waals surface area (Å²) < 4.78 is 5.23. The van der Waals surface area contributed by atoms with Crippen LogP contribution in [-0.2, 0) is 0 Å². The second-order valence-electron chi connectivity index (χ2n) is 4.71. The lowest BCUT2D eigenvalue weighted by atomic mass is 9.96. The molecule has 0 aliphatic heterocycles. The summed E-state index contributed by atoms with van der Waals surface area (Å²) in [6.07, 6.45) is 4.60. The van der Waals surface area contributed by atoms with Gasteiger partial charge in [0.25, 0.3) is 0 Å². The van der Waals surface area contributed by atoms with Crippen molar-refractivity contribution in [3.05, 3.63) is 24.0 Å². The van der Waals surface area contributed by atoms with Crippen molar-refractivity contribution in [3.8, 4) is 5.75 Å². The molecule has 1 saturated carbocycles. The van der Waals surface area contributed by atoms with Gasteiger partial charge in [0.05, 0.1) is 7.11 Å². The monoisotopic (exact) mass is 221 g/mol. The minimum Gasteiger partial charge on any atom is -0.495 e. The summed E-state index contributed by atoms with van der Waals surface area (Å²) in [5.41, 5.74) is 0.684. The van der Waals surface area contributed by atoms with E-state index in [1.165, 1.54) is 6.42 Å². The van der Waals surface area contributed by atoms with E-state index in [0.717, 1.165) is 12.8 Å². The van der Waals surface area contributed by atoms with Crippen molar-refractivity contribution in [1.82, 2.24) is 4.98 Å². The van der Waals surface area contributed by atoms with E-state index in [2.05, 4.69) is 11.9 Å². The highest BCUT2D eigenvalue weighted by Crippen LogP contribution is 2.40. The molecule has 3 heteroatoms. The summed E-state index contributed by atoms with van der Waals surface area (Å²) in [4.78, 5) is 4.24. The first-order chi connectivity index (χ1) is 7.72. The lowest BCUT2D eigenvalue weighted by Crippen LogP contribution is -2.12. The highest BCUT2D eigenvalue weighted by atomic mass is 16.5. The Morgan fingerprint density at radius 1 is 1.50 bits per heavy atom. The molecule has 0 spiro atoms. The van der Waals surface area contributed by atoms with E-state index in [-0.39, 0.29) is 0 Å². The minimum atomic E-state index is -0.485. The largest absolute Gasteiger partial charge is 0.495 e. The first kappa shape index (κ1) is 11.4. The molecule has 1 N–H and O–H groups in total. The van der Waals surface area contributed by atoms with Gasteiger partial charge in [-0.3, -0.25) is 4.98 Å². The lowest BCUT2D eigenvalue weighted by Gasteiger charge is -2.19. The number of hydrogen-bond donors (Lipinski definition) is 1. The van der Waals surface area contributed by atoms with E-state index in [4.69, 9.17) is 4.74 Å². The zero-order valence-electron chi connectivity index (χ0n) is 9.89. The first-order valence-corrected chi connectivity index (χ1v) is 5.89. The molecule has 1 fully saturated rings. The molecular weight excluding hydrogens is 202 g/mol. The zero-order chi connectivity index (χ0) is 11.5. The summed E-state index contributed by atoms with van der Waals surface area (Å²) in [7, 11) is 1.62. The molecule has 88 valence electrons. The fraction of sp³-hybridized carbons (Fsp3) is 0.615. The van der Waals surface area contributed by atoms with Crippen molar-refractivity contribution < 1.29 is 9.84 Å². The number of nitrogens with zero attached hydrogens (tertiary/aromatic N) is 1. The molecule has 16 heavy (non-hydrogen) atoms. The molecule has 0 bridgehead atoms. The van der Waals surface area contributed by atoms with Crippen LogP contribution >= 0.6 is 0 Å². The van der Waals surface area contributed by atoms with Gasteiger partial charge < -0.3 is 9.84 Å². The van der Waals surface area contributed by atoms with Gasteiger partial charge in [-0.2, -0.15) is 0 Å². The van der Waals surface area contributed by atoms with Crippen molar-refractivity contribution in [3.63, 3.8) is 0 Å². The van der Waals surface area contributed by atoms with E-state index >= 15 is 0 Å². The molecule has 1 aliphatic carbocycles. The smallest absolute Gasteiger partial charge is 0.143 e. The second kappa shape index (κ2) is 4.83. The number of rotatable bonds is 3. The first-order valence-electron chi connectivity index (χ1n) is 5.89. The Morgan fingerprint density at radius 2 is 2.31 bits per heavy atom. The SMILES string of the molecule is COc1cccnc1C(O)C1CCC(C)C1. The van der Waals surface area contributed by atoms with Gasteiger partial charge in [-0.25, -0.2) is 0 Å². The third-order valence-corrected chi connectivity index (χ3v) is 3.48. The average molecular weight is 221 g/mol. The number of hydrogen-bond acceptors (Lipinski definition) is 3. The summed E-state index contributed by atoms with van der Waals surface area (Å²) in [5.74, 6) is 1.74. The van der Waals surface area contributed by atoms with E-state index < -0.39 is 6.10 Å². The Morgan fingerprint density at radius 3 is 2.94 bits per heavy atom. The Bertz CT molecular complexity index is 354. The molecule has 3 atom stereocenters. The third kappa shape index (κ3) is 2.19. The summed E-state index contributed by atoms with van der Waals surface area (Å²) in [5, 5.41) is 10.3. The quantitative estimate of drug-likeness (QED) is 0.853. The highest BCUT2D eigenvalue weighted by molar-refractivity contribution is 5.29. The van der Waals surface area contributed by atoms with Crippen molar-refractivity contribution in [2.24, 2.45) is 11.8 Å². The molecule has 1 heterocycles. The van der Waals surface area contributed by atoms with Crippen molar-refractivity contribution in [2.75, 3.05) is 7.11 Å². The molecule has 1 aromatic rings. The molecule has 0 saturated heterocycles. The third-order valence-electron chi connectivity index (χ3n) is 3.48. The molecule has 0 radical (unpaired) electrons. The van der Waals surface area contributed by atoms with Crippen molar-refractivity contribution in [2.45, 2.75) is 32.3 Å². The lowest BCUT2D eigenvalue weighted by molar-refractivity contribution is 0.102. The molecule has 0 aromatic carbocycles. The molecule has 2 rings (SSSR count). The van der Waals surface area contributed by atoms with Crippen LogP contribution in [0.15, 0.2) is 18.3 Å². The Balaban J connectivity index is 2.16. The standard InChI is InChI=1S/C13H19NO2/c1-9-5-6-10(8-9)13(15)12-11(16-2)4-3-7-14-12/h3-4,7,9-10,13,15H,5-6,8H2,1-2H3.